The number of cyclic esters (lactones) is 1. The highest BCUT2D eigenvalue weighted by atomic mass is 16.7. The number of ether oxygens (including phenoxy) is 7. The minimum atomic E-state index is -2.48. The topological polar surface area (TPSA) is 286 Å². The van der Waals surface area contributed by atoms with Gasteiger partial charge in [-0.3, -0.25) is 24.5 Å². The first-order valence-corrected chi connectivity index (χ1v) is 27.7. The molecule has 436 valence electrons. The number of hydrogen-bond donors (Lipinski definition) is 2. The van der Waals surface area contributed by atoms with Crippen LogP contribution >= 0.6 is 0 Å². The van der Waals surface area contributed by atoms with E-state index < -0.39 is 113 Å². The van der Waals surface area contributed by atoms with E-state index in [9.17, 15) is 49.8 Å². The third-order valence-electron chi connectivity index (χ3n) is 16.3. The molecule has 79 heavy (non-hydrogen) atoms. The number of carbonyl (C=O) groups is 5. The van der Waals surface area contributed by atoms with E-state index >= 15 is 0 Å². The zero-order valence-electron chi connectivity index (χ0n) is 47.5. The van der Waals surface area contributed by atoms with Crippen molar-refractivity contribution in [3.8, 4) is 5.75 Å². The van der Waals surface area contributed by atoms with E-state index in [1.54, 1.807) is 40.9 Å². The van der Waals surface area contributed by atoms with Crippen LogP contribution < -0.4 is 4.74 Å². The molecule has 16 atom stereocenters. The molecule has 1 aromatic rings. The molecule has 0 aromatic heterocycles. The molecular formula is C58H83N5O16. The summed E-state index contributed by atoms with van der Waals surface area (Å²) in [6, 6.07) is 2.92. The number of nitro benzene ring substituents is 1. The molecule has 3 heterocycles. The molecule has 0 unspecified atom stereocenters. The highest BCUT2D eigenvalue weighted by Gasteiger charge is 2.53. The largest absolute Gasteiger partial charge is 0.514 e. The summed E-state index contributed by atoms with van der Waals surface area (Å²) in [5.74, 6) is -8.05. The number of aliphatic hydroxyl groups excluding tert-OH is 1. The molecule has 1 aromatic carbocycles. The number of carbonyl (C=O) groups excluding carboxylic acids is 5. The standard InChI is InChI=1S/C58H83N5O16/c1-34-16-12-11-13-17-35(2)48(73-8)32-44-23-19-40(7)58(70,79-44)54(66)55(67)62-27-15-14-18-46(62)56(68)77-49(33-45(60-61-59)36(3)29-39(6)52(65)53(75-10)51(64)38(5)28-34)37(4)30-41-20-26-47(50(31-41)74-9)78-57(69)76-43-24-21-42(22-25-43)63(71)72/h11-13,16-17,21-22,24-25,29,34,36-38,40-41,44-50,52-53,65,70H,14-15,18-20,23,26-28,30-33H2,1-10H3/b13-11+,16-12+,35-17+,39-29+/t34-,36-,37-,38-,40-,41+,44+,45+,46+,47-,48+,49+,50-,52-,53+,58-/m1/s1. The SMILES string of the molecule is CO[C@H]1C[C@@H]2CC[C@@H](C)[C@@](O)(O2)C(=O)C(=O)N2CCCC[C@H]2C(=O)O[C@H]([C@H](C)C[C@@H]2CC[C@@H](OC(=O)Oc3ccc([N+](=O)[O-])cc3)[C@H](OC)C2)C[C@H](N=[N+]=[N-])[C@H](C)/C=C(\C)[C@@H](O)[C@@H](OC)C(=O)[C@H](C)C[C@H](C)/C=C/C=C/C=C/1C. The minimum Gasteiger partial charge on any atom is -0.461 e. The number of fused-ring (bicyclic) bond motifs is 3. The van der Waals surface area contributed by atoms with E-state index in [1.807, 2.05) is 51.2 Å². The first kappa shape index (κ1) is 64.0. The molecule has 3 aliphatic heterocycles. The number of amides is 1. The van der Waals surface area contributed by atoms with Crippen molar-refractivity contribution in [1.82, 2.24) is 4.90 Å². The monoisotopic (exact) mass is 1110 g/mol. The van der Waals surface area contributed by atoms with Crippen molar-refractivity contribution in [2.75, 3.05) is 27.9 Å². The second-order valence-electron chi connectivity index (χ2n) is 22.2. The molecule has 1 amide bonds. The van der Waals surface area contributed by atoms with Crippen LogP contribution in [0.25, 0.3) is 10.4 Å². The summed E-state index contributed by atoms with van der Waals surface area (Å²) in [5.41, 5.74) is 11.1. The van der Waals surface area contributed by atoms with Gasteiger partial charge in [0.15, 0.2) is 5.78 Å². The van der Waals surface area contributed by atoms with Gasteiger partial charge in [0, 0.05) is 69.2 Å². The maximum Gasteiger partial charge on any atom is 0.514 e. The lowest BCUT2D eigenvalue weighted by atomic mass is 9.78. The Hall–Kier alpha value is -5.80. The second-order valence-corrected chi connectivity index (χ2v) is 22.2. The van der Waals surface area contributed by atoms with E-state index in [0.717, 1.165) is 5.57 Å². The van der Waals surface area contributed by atoms with E-state index in [4.69, 9.17) is 33.2 Å². The Morgan fingerprint density at radius 2 is 1.63 bits per heavy atom. The fraction of sp³-hybridized carbons (Fsp3) is 0.672. The number of rotatable bonds is 10. The molecule has 2 bridgehead atoms. The number of nitro groups is 1. The van der Waals surface area contributed by atoms with Crippen LogP contribution in [-0.4, -0.2) is 138 Å². The first-order valence-electron chi connectivity index (χ1n) is 27.7. The van der Waals surface area contributed by atoms with Crippen molar-refractivity contribution in [2.45, 2.75) is 186 Å². The van der Waals surface area contributed by atoms with Gasteiger partial charge in [0.1, 0.15) is 36.2 Å². The third kappa shape index (κ3) is 17.4. The van der Waals surface area contributed by atoms with Crippen molar-refractivity contribution in [3.05, 3.63) is 92.4 Å². The van der Waals surface area contributed by atoms with Crippen molar-refractivity contribution >= 4 is 35.3 Å². The van der Waals surface area contributed by atoms with Gasteiger partial charge in [-0.1, -0.05) is 76.2 Å². The van der Waals surface area contributed by atoms with Crippen LogP contribution in [0, 0.1) is 45.6 Å². The smallest absolute Gasteiger partial charge is 0.461 e. The molecule has 0 spiro atoms. The Morgan fingerprint density at radius 1 is 0.911 bits per heavy atom. The molecule has 0 radical (unpaired) electrons. The third-order valence-corrected chi connectivity index (χ3v) is 16.3. The first-order chi connectivity index (χ1) is 37.5. The number of Topliss-reactive ketones (excluding diaryl/α,β-unsaturated/α-hetero) is 2. The highest BCUT2D eigenvalue weighted by Crippen LogP contribution is 2.39. The number of benzene rings is 1. The number of azide groups is 1. The van der Waals surface area contributed by atoms with Gasteiger partial charge >= 0.3 is 12.1 Å². The zero-order valence-corrected chi connectivity index (χ0v) is 47.5. The molecule has 21 nitrogen and oxygen atoms in total. The van der Waals surface area contributed by atoms with Gasteiger partial charge in [-0.25, -0.2) is 9.59 Å². The maximum atomic E-state index is 14.8. The van der Waals surface area contributed by atoms with Gasteiger partial charge in [-0.05, 0) is 137 Å². The van der Waals surface area contributed by atoms with Crippen molar-refractivity contribution < 1.29 is 72.3 Å². The summed E-state index contributed by atoms with van der Waals surface area (Å²) in [6.07, 6.45) is 8.97. The fourth-order valence-electron chi connectivity index (χ4n) is 11.5. The van der Waals surface area contributed by atoms with Crippen molar-refractivity contribution in [2.24, 2.45) is 40.6 Å². The van der Waals surface area contributed by atoms with Crippen LogP contribution in [0.5, 0.6) is 5.75 Å². The van der Waals surface area contributed by atoms with Gasteiger partial charge in [0.25, 0.3) is 17.4 Å². The minimum absolute atomic E-state index is 0.00779. The lowest BCUT2D eigenvalue weighted by Gasteiger charge is -2.43. The number of non-ortho nitro benzene ring substituents is 1. The van der Waals surface area contributed by atoms with Gasteiger partial charge in [-0.2, -0.15) is 0 Å². The van der Waals surface area contributed by atoms with E-state index in [-0.39, 0.29) is 54.9 Å². The second kappa shape index (κ2) is 30.1. The van der Waals surface area contributed by atoms with E-state index in [2.05, 4.69) is 10.0 Å². The van der Waals surface area contributed by atoms with Gasteiger partial charge in [0.05, 0.1) is 23.2 Å². The molecule has 3 fully saturated rings. The number of ketones is 2. The number of piperidine rings is 1. The Bertz CT molecular complexity index is 2440. The molecule has 1 aliphatic carbocycles. The lowest BCUT2D eigenvalue weighted by Crippen LogP contribution is -2.61. The molecule has 2 saturated heterocycles. The predicted molar refractivity (Wildman–Crippen MR) is 291 cm³/mol. The van der Waals surface area contributed by atoms with Gasteiger partial charge < -0.3 is 48.3 Å². The molecule has 2 N–H and O–H groups in total. The lowest BCUT2D eigenvalue weighted by molar-refractivity contribution is -0.384. The van der Waals surface area contributed by atoms with Crippen LogP contribution in [0.4, 0.5) is 10.5 Å². The molecule has 5 rings (SSSR count). The summed E-state index contributed by atoms with van der Waals surface area (Å²) in [6.45, 7) is 12.7. The number of esters is 1. The summed E-state index contributed by atoms with van der Waals surface area (Å²) in [7, 11) is 4.42. The van der Waals surface area contributed by atoms with Crippen LogP contribution in [0.2, 0.25) is 0 Å². The van der Waals surface area contributed by atoms with Gasteiger partial charge in [0.2, 0.25) is 5.79 Å². The fourth-order valence-corrected chi connectivity index (χ4v) is 11.5. The van der Waals surface area contributed by atoms with Crippen LogP contribution in [0.3, 0.4) is 0 Å². The van der Waals surface area contributed by atoms with E-state index in [0.29, 0.717) is 63.4 Å². The van der Waals surface area contributed by atoms with Crippen molar-refractivity contribution in [1.29, 1.82) is 0 Å². The Kier molecular flexibility index (Phi) is 24.4. The Balaban J connectivity index is 1.46. The molecular weight excluding hydrogens is 1020 g/mol. The molecule has 21 heteroatoms. The highest BCUT2D eigenvalue weighted by molar-refractivity contribution is 6.39. The van der Waals surface area contributed by atoms with Crippen molar-refractivity contribution in [3.63, 3.8) is 0 Å². The average Bonchev–Trinajstić information content (AvgIpc) is 3.51. The normalized spacial score (nSPS) is 35.9. The van der Waals surface area contributed by atoms with Crippen LogP contribution in [0.1, 0.15) is 126 Å². The number of methoxy groups -OCH3 is 3. The van der Waals surface area contributed by atoms with Crippen LogP contribution in [-0.2, 0) is 47.6 Å². The summed E-state index contributed by atoms with van der Waals surface area (Å²) in [5, 5.41) is 39.0. The quantitative estimate of drug-likeness (QED) is 0.0254. The Morgan fingerprint density at radius 3 is 2.29 bits per heavy atom. The number of aliphatic hydroxyl groups is 2. The summed E-state index contributed by atoms with van der Waals surface area (Å²) >= 11 is 0. The maximum absolute atomic E-state index is 14.8. The predicted octanol–water partition coefficient (Wildman–Crippen LogP) is 9.42. The molecule has 4 aliphatic rings. The van der Waals surface area contributed by atoms with Crippen LogP contribution in [0.15, 0.2) is 77.0 Å². The average molecular weight is 1110 g/mol. The number of nitrogens with zero attached hydrogens (tertiary/aromatic N) is 5. The summed E-state index contributed by atoms with van der Waals surface area (Å²) < 4.78 is 40.9. The Labute approximate surface area is 463 Å². The van der Waals surface area contributed by atoms with Gasteiger partial charge in [-0.15, -0.1) is 0 Å². The molecule has 1 saturated carbocycles. The number of allylic oxidation sites excluding steroid dienone is 5. The summed E-state index contributed by atoms with van der Waals surface area (Å²) in [4.78, 5) is 85.3. The zero-order chi connectivity index (χ0) is 58.1. The number of hydrogen-bond acceptors (Lipinski definition) is 17. The van der Waals surface area contributed by atoms with E-state index in [1.165, 1.54) is 43.4 Å².